The van der Waals surface area contributed by atoms with Crippen LogP contribution in [0.15, 0.2) is 11.6 Å². The zero-order chi connectivity index (χ0) is 9.52. The zero-order valence-electron chi connectivity index (χ0n) is 9.63. The Kier molecular flexibility index (Phi) is 10.8. The van der Waals surface area contributed by atoms with Gasteiger partial charge in [0, 0.05) is 6.08 Å². The van der Waals surface area contributed by atoms with E-state index in [1.54, 1.807) is 6.08 Å². The number of ether oxygens (including phenoxy) is 1. The summed E-state index contributed by atoms with van der Waals surface area (Å²) < 4.78 is 4.59. The molecule has 0 heterocycles. The van der Waals surface area contributed by atoms with Crippen molar-refractivity contribution in [1.29, 1.82) is 0 Å². The Labute approximate surface area is 94.7 Å². The Bertz CT molecular complexity index is 185. The Balaban J connectivity index is 0. The molecule has 2 nitrogen and oxygen atoms in total. The quantitative estimate of drug-likeness (QED) is 0.489. The lowest BCUT2D eigenvalue weighted by Crippen LogP contribution is -1.99. The van der Waals surface area contributed by atoms with Crippen molar-refractivity contribution in [3.05, 3.63) is 32.9 Å². The third-order valence-corrected chi connectivity index (χ3v) is 2.33. The number of rotatable bonds is 1. The summed E-state index contributed by atoms with van der Waals surface area (Å²) in [6.45, 7) is 0. The first-order chi connectivity index (χ1) is 6.33. The fourth-order valence-corrected chi connectivity index (χ4v) is 1.56. The number of hydrogen-bond acceptors (Lipinski definition) is 2. The highest BCUT2D eigenvalue weighted by Gasteiger charge is 2.05. The highest BCUT2D eigenvalue weighted by molar-refractivity contribution is 5.83. The number of esters is 1. The fourth-order valence-electron chi connectivity index (χ4n) is 1.56. The summed E-state index contributed by atoms with van der Waals surface area (Å²) in [7, 11) is 1.42. The Morgan fingerprint density at radius 2 is 1.93 bits per heavy atom. The molecular weight excluding hydrogens is 188 g/mol. The molecule has 0 amide bonds. The number of carbonyl (C=O) groups is 1. The second kappa shape index (κ2) is 9.75. The largest absolute Gasteiger partial charge is 0.466 e. The monoisotopic (exact) mass is 209 g/mol. The van der Waals surface area contributed by atoms with E-state index in [-0.39, 0.29) is 20.8 Å². The van der Waals surface area contributed by atoms with Gasteiger partial charge in [0.25, 0.3) is 0 Å². The van der Waals surface area contributed by atoms with Crippen LogP contribution >= 0.6 is 0 Å². The van der Waals surface area contributed by atoms with Gasteiger partial charge in [-0.1, -0.05) is 39.7 Å². The molecule has 0 aromatic rings. The maximum Gasteiger partial charge on any atom is 0.330 e. The lowest BCUT2D eigenvalue weighted by atomic mass is 9.96. The number of hydrogen-bond donors (Lipinski definition) is 0. The summed E-state index contributed by atoms with van der Waals surface area (Å²) in [5, 5.41) is 0. The van der Waals surface area contributed by atoms with Crippen molar-refractivity contribution in [2.45, 2.75) is 38.5 Å². The normalized spacial score (nSPS) is 19.1. The van der Waals surface area contributed by atoms with Crippen molar-refractivity contribution >= 4 is 5.97 Å². The molecule has 1 fully saturated rings. The molecule has 1 rings (SSSR count). The molecule has 85 valence electrons. The highest BCUT2D eigenvalue weighted by atomic mass is 16.5. The minimum Gasteiger partial charge on any atom is -0.466 e. The van der Waals surface area contributed by atoms with Crippen LogP contribution in [-0.4, -0.2) is 13.1 Å². The van der Waals surface area contributed by atoms with E-state index >= 15 is 0 Å². The standard InChI is InChI=1S/C11H17O2.2CH2/c1-13-11(12)9-10-7-5-3-2-4-6-8-10;;/h7,9H,2-6,8H2,1H3;2*1H2. The Hall–Kier alpha value is -0.790. The molecule has 0 spiro atoms. The topological polar surface area (TPSA) is 26.3 Å². The molecule has 1 saturated carbocycles. The van der Waals surface area contributed by atoms with E-state index in [2.05, 4.69) is 11.2 Å². The Morgan fingerprint density at radius 3 is 2.60 bits per heavy atom. The van der Waals surface area contributed by atoms with Gasteiger partial charge < -0.3 is 4.74 Å². The molecule has 0 atom stereocenters. The minimum atomic E-state index is -0.230. The van der Waals surface area contributed by atoms with Crippen LogP contribution in [0.3, 0.4) is 0 Å². The first-order valence-corrected chi connectivity index (χ1v) is 4.94. The van der Waals surface area contributed by atoms with Gasteiger partial charge in [-0.05, 0) is 25.7 Å². The average molecular weight is 209 g/mol. The molecule has 1 aliphatic carbocycles. The van der Waals surface area contributed by atoms with Crippen LogP contribution in [0, 0.1) is 21.3 Å². The van der Waals surface area contributed by atoms with Gasteiger partial charge in [0.15, 0.2) is 0 Å². The van der Waals surface area contributed by atoms with Crippen molar-refractivity contribution in [1.82, 2.24) is 0 Å². The maximum absolute atomic E-state index is 11.0. The van der Waals surface area contributed by atoms with Gasteiger partial charge in [0.05, 0.1) is 7.11 Å². The van der Waals surface area contributed by atoms with Crippen LogP contribution in [0.4, 0.5) is 0 Å². The van der Waals surface area contributed by atoms with Gasteiger partial charge in [-0.25, -0.2) is 4.79 Å². The van der Waals surface area contributed by atoms with Crippen LogP contribution in [0.2, 0.25) is 0 Å². The third-order valence-electron chi connectivity index (χ3n) is 2.33. The molecule has 0 unspecified atom stereocenters. The van der Waals surface area contributed by atoms with Crippen molar-refractivity contribution in [3.8, 4) is 0 Å². The number of methoxy groups -OCH3 is 1. The summed E-state index contributed by atoms with van der Waals surface area (Å²) in [5.41, 5.74) is 1.14. The van der Waals surface area contributed by atoms with Crippen LogP contribution in [0.1, 0.15) is 38.5 Å². The predicted molar refractivity (Wildman–Crippen MR) is 62.8 cm³/mol. The minimum absolute atomic E-state index is 0. The molecule has 0 N–H and O–H groups in total. The highest BCUT2D eigenvalue weighted by Crippen LogP contribution is 2.20. The van der Waals surface area contributed by atoms with E-state index in [4.69, 9.17) is 0 Å². The second-order valence-electron chi connectivity index (χ2n) is 3.40. The predicted octanol–water partition coefficient (Wildman–Crippen LogP) is 3.30. The van der Waals surface area contributed by atoms with E-state index in [1.807, 2.05) is 0 Å². The van der Waals surface area contributed by atoms with E-state index < -0.39 is 0 Å². The molecule has 1 aliphatic rings. The fraction of sp³-hybridized carbons (Fsp3) is 0.538. The molecule has 0 aromatic heterocycles. The lowest BCUT2D eigenvalue weighted by molar-refractivity contribution is -0.134. The van der Waals surface area contributed by atoms with Gasteiger partial charge in [0.2, 0.25) is 0 Å². The van der Waals surface area contributed by atoms with E-state index in [1.165, 1.54) is 32.8 Å². The van der Waals surface area contributed by atoms with E-state index in [9.17, 15) is 4.79 Å². The molecule has 2 heteroatoms. The molecule has 5 radical (unpaired) electrons. The maximum atomic E-state index is 11.0. The van der Waals surface area contributed by atoms with Crippen molar-refractivity contribution in [2.75, 3.05) is 7.11 Å². The summed E-state index contributed by atoms with van der Waals surface area (Å²) in [4.78, 5) is 11.0. The smallest absolute Gasteiger partial charge is 0.330 e. The van der Waals surface area contributed by atoms with Gasteiger partial charge >= 0.3 is 5.97 Å². The van der Waals surface area contributed by atoms with Gasteiger partial charge in [-0.15, -0.1) is 0 Å². The number of allylic oxidation sites excluding steroid dienone is 1. The molecule has 15 heavy (non-hydrogen) atoms. The summed E-state index contributed by atoms with van der Waals surface area (Å²) in [6.07, 6.45) is 10.9. The van der Waals surface area contributed by atoms with Gasteiger partial charge in [-0.2, -0.15) is 0 Å². The lowest BCUT2D eigenvalue weighted by Gasteiger charge is -2.10. The van der Waals surface area contributed by atoms with Crippen LogP contribution in [0.5, 0.6) is 0 Å². The van der Waals surface area contributed by atoms with Gasteiger partial charge in [-0.3, -0.25) is 0 Å². The molecule has 0 aromatic carbocycles. The first kappa shape index (κ1) is 16.6. The van der Waals surface area contributed by atoms with Crippen molar-refractivity contribution in [3.63, 3.8) is 0 Å². The SMILES string of the molecule is COC(=O)C=C1[CH]CCCCCC1.[CH2].[CH2]. The molecule has 0 bridgehead atoms. The van der Waals surface area contributed by atoms with E-state index in [0.29, 0.717) is 0 Å². The average Bonchev–Trinajstić information content (AvgIpc) is 2.09. The summed E-state index contributed by atoms with van der Waals surface area (Å²) in [5.74, 6) is -0.230. The third kappa shape index (κ3) is 7.18. The number of carbonyl (C=O) groups excluding carboxylic acids is 1. The molecular formula is C13H21O2. The second-order valence-corrected chi connectivity index (χ2v) is 3.40. The van der Waals surface area contributed by atoms with Crippen molar-refractivity contribution in [2.24, 2.45) is 0 Å². The Morgan fingerprint density at radius 1 is 1.27 bits per heavy atom. The van der Waals surface area contributed by atoms with Gasteiger partial charge in [0.1, 0.15) is 0 Å². The first-order valence-electron chi connectivity index (χ1n) is 4.94. The summed E-state index contributed by atoms with van der Waals surface area (Å²) in [6, 6.07) is 0. The summed E-state index contributed by atoms with van der Waals surface area (Å²) >= 11 is 0. The van der Waals surface area contributed by atoms with Crippen LogP contribution in [-0.2, 0) is 9.53 Å². The molecule has 0 saturated heterocycles. The molecule has 0 aliphatic heterocycles. The zero-order valence-corrected chi connectivity index (χ0v) is 9.63. The van der Waals surface area contributed by atoms with Crippen LogP contribution in [0.25, 0.3) is 0 Å². The van der Waals surface area contributed by atoms with Crippen molar-refractivity contribution < 1.29 is 9.53 Å². The van der Waals surface area contributed by atoms with Crippen LogP contribution < -0.4 is 0 Å². The van der Waals surface area contributed by atoms with E-state index in [0.717, 1.165) is 18.4 Å².